The molecule has 0 radical (unpaired) electrons. The Bertz CT molecular complexity index is 841. The summed E-state index contributed by atoms with van der Waals surface area (Å²) in [4.78, 5) is 23.6. The van der Waals surface area contributed by atoms with Gasteiger partial charge in [0.15, 0.2) is 23.9 Å². The smallest absolute Gasteiger partial charge is 0.262 e. The number of nitrogens with one attached hydrogen (secondary N) is 1. The lowest BCUT2D eigenvalue weighted by Crippen LogP contribution is -2.25. The number of allylic oxidation sites excluding steroid dienone is 1. The third kappa shape index (κ3) is 3.22. The van der Waals surface area contributed by atoms with Crippen molar-refractivity contribution in [2.45, 2.75) is 0 Å². The first-order valence-electron chi connectivity index (χ1n) is 7.23. The largest absolute Gasteiger partial charge is 0.504 e. The van der Waals surface area contributed by atoms with Crippen LogP contribution in [0.25, 0.3) is 6.08 Å². The van der Waals surface area contributed by atoms with E-state index in [4.69, 9.17) is 9.47 Å². The molecule has 1 aliphatic rings. The number of hydrogen-bond donors (Lipinski definition) is 2. The number of aromatic hydroxyl groups is 1. The van der Waals surface area contributed by atoms with E-state index < -0.39 is 0 Å². The zero-order chi connectivity index (χ0) is 17.1. The number of hydrogen-bond acceptors (Lipinski definition) is 5. The Morgan fingerprint density at radius 2 is 2.12 bits per heavy atom. The van der Waals surface area contributed by atoms with Crippen LogP contribution in [0.2, 0.25) is 0 Å². The van der Waals surface area contributed by atoms with Gasteiger partial charge in [0.25, 0.3) is 5.91 Å². The van der Waals surface area contributed by atoms with Crippen molar-refractivity contribution in [3.05, 3.63) is 53.6 Å². The molecule has 6 nitrogen and oxygen atoms in total. The van der Waals surface area contributed by atoms with Crippen molar-refractivity contribution in [1.82, 2.24) is 0 Å². The number of phenols is 1. The Labute approximate surface area is 138 Å². The zero-order valence-corrected chi connectivity index (χ0v) is 12.9. The number of methoxy groups -OCH3 is 1. The Morgan fingerprint density at radius 3 is 2.92 bits per heavy atom. The van der Waals surface area contributed by atoms with E-state index >= 15 is 0 Å². The average molecular weight is 325 g/mol. The molecular formula is C18H15NO5. The molecule has 1 amide bonds. The number of ether oxygens (including phenoxy) is 2. The molecule has 6 heteroatoms. The molecule has 0 spiro atoms. The molecule has 0 aromatic heterocycles. The Kier molecular flexibility index (Phi) is 4.20. The van der Waals surface area contributed by atoms with Crippen LogP contribution in [0.15, 0.2) is 42.5 Å². The number of benzene rings is 2. The molecule has 24 heavy (non-hydrogen) atoms. The van der Waals surface area contributed by atoms with Crippen LogP contribution in [0.1, 0.15) is 15.9 Å². The molecule has 0 saturated carbocycles. The van der Waals surface area contributed by atoms with Crippen molar-refractivity contribution in [1.29, 1.82) is 0 Å². The second-order valence-corrected chi connectivity index (χ2v) is 5.18. The second-order valence-electron chi connectivity index (χ2n) is 5.18. The van der Waals surface area contributed by atoms with Crippen LogP contribution in [-0.4, -0.2) is 30.5 Å². The van der Waals surface area contributed by atoms with Crippen LogP contribution in [0.3, 0.4) is 0 Å². The summed E-state index contributed by atoms with van der Waals surface area (Å²) in [5, 5.41) is 12.2. The third-order valence-electron chi connectivity index (χ3n) is 3.53. The van der Waals surface area contributed by atoms with Crippen LogP contribution in [0.4, 0.5) is 5.69 Å². The number of fused-ring (bicyclic) bond motifs is 1. The number of amides is 1. The van der Waals surface area contributed by atoms with E-state index in [1.165, 1.54) is 19.3 Å². The van der Waals surface area contributed by atoms with Gasteiger partial charge in [-0.05, 0) is 42.0 Å². The summed E-state index contributed by atoms with van der Waals surface area (Å²) in [6, 6.07) is 9.66. The first-order chi connectivity index (χ1) is 11.6. The van der Waals surface area contributed by atoms with E-state index in [0.717, 1.165) is 0 Å². The molecule has 2 aromatic rings. The van der Waals surface area contributed by atoms with Crippen LogP contribution < -0.4 is 14.8 Å². The van der Waals surface area contributed by atoms with Crippen molar-refractivity contribution in [3.8, 4) is 17.2 Å². The minimum atomic E-state index is -0.251. The van der Waals surface area contributed by atoms with Gasteiger partial charge in [0.1, 0.15) is 5.75 Å². The molecule has 0 atom stereocenters. The van der Waals surface area contributed by atoms with E-state index in [9.17, 15) is 14.7 Å². The molecule has 0 fully saturated rings. The predicted molar refractivity (Wildman–Crippen MR) is 88.6 cm³/mol. The molecule has 3 rings (SSSR count). The maximum Gasteiger partial charge on any atom is 0.262 e. The quantitative estimate of drug-likeness (QED) is 0.667. The lowest BCUT2D eigenvalue weighted by molar-refractivity contribution is -0.118. The maximum atomic E-state index is 12.3. The van der Waals surface area contributed by atoms with E-state index in [-0.39, 0.29) is 24.0 Å². The SMILES string of the molecule is COc1cc(C=CC(=O)c2ccc3c(c2)NC(=O)CO3)ccc1O. The fourth-order valence-corrected chi connectivity index (χ4v) is 2.30. The summed E-state index contributed by atoms with van der Waals surface area (Å²) in [7, 11) is 1.46. The summed E-state index contributed by atoms with van der Waals surface area (Å²) in [5.41, 5.74) is 1.63. The molecule has 0 aliphatic carbocycles. The predicted octanol–water partition coefficient (Wildman–Crippen LogP) is 2.63. The van der Waals surface area contributed by atoms with Gasteiger partial charge in [-0.25, -0.2) is 0 Å². The fraction of sp³-hybridized carbons (Fsp3) is 0.111. The highest BCUT2D eigenvalue weighted by atomic mass is 16.5. The monoisotopic (exact) mass is 325 g/mol. The molecule has 0 unspecified atom stereocenters. The van der Waals surface area contributed by atoms with Crippen molar-refractivity contribution in [2.75, 3.05) is 19.0 Å². The molecule has 0 saturated heterocycles. The summed E-state index contributed by atoms with van der Waals surface area (Å²) in [6.45, 7) is -0.0249. The van der Waals surface area contributed by atoms with Gasteiger partial charge in [0.2, 0.25) is 0 Å². The number of phenolic OH excluding ortho intramolecular Hbond substituents is 1. The van der Waals surface area contributed by atoms with Crippen molar-refractivity contribution in [2.24, 2.45) is 0 Å². The highest BCUT2D eigenvalue weighted by Gasteiger charge is 2.17. The Hall–Kier alpha value is -3.28. The molecule has 0 bridgehead atoms. The van der Waals surface area contributed by atoms with E-state index in [1.807, 2.05) is 0 Å². The number of rotatable bonds is 4. The zero-order valence-electron chi connectivity index (χ0n) is 12.9. The summed E-state index contributed by atoms with van der Waals surface area (Å²) >= 11 is 0. The van der Waals surface area contributed by atoms with E-state index in [0.29, 0.717) is 28.3 Å². The van der Waals surface area contributed by atoms with E-state index in [2.05, 4.69) is 5.32 Å². The number of ketones is 1. The standard InChI is InChI=1S/C18H15NO5/c1-23-17-8-11(3-6-15(17)21)2-5-14(20)12-4-7-16-13(9-12)19-18(22)10-24-16/h2-9,21H,10H2,1H3,(H,19,22). The molecule has 122 valence electrons. The van der Waals surface area contributed by atoms with Gasteiger partial charge in [0.05, 0.1) is 12.8 Å². The molecule has 1 heterocycles. The number of anilines is 1. The summed E-state index contributed by atoms with van der Waals surface area (Å²) in [5.74, 6) is 0.437. The van der Waals surface area contributed by atoms with Gasteiger partial charge >= 0.3 is 0 Å². The van der Waals surface area contributed by atoms with Gasteiger partial charge in [-0.15, -0.1) is 0 Å². The van der Waals surface area contributed by atoms with Crippen molar-refractivity contribution >= 4 is 23.5 Å². The van der Waals surface area contributed by atoms with Gasteiger partial charge in [-0.2, -0.15) is 0 Å². The van der Waals surface area contributed by atoms with Gasteiger partial charge in [-0.1, -0.05) is 12.1 Å². The average Bonchev–Trinajstić information content (AvgIpc) is 2.60. The normalized spacial score (nSPS) is 13.1. The second kappa shape index (κ2) is 6.45. The van der Waals surface area contributed by atoms with Gasteiger partial charge in [-0.3, -0.25) is 9.59 Å². The molecule has 1 aliphatic heterocycles. The fourth-order valence-electron chi connectivity index (χ4n) is 2.30. The minimum Gasteiger partial charge on any atom is -0.504 e. The lowest BCUT2D eigenvalue weighted by atomic mass is 10.1. The van der Waals surface area contributed by atoms with Crippen LogP contribution in [-0.2, 0) is 4.79 Å². The molecular weight excluding hydrogens is 310 g/mol. The Morgan fingerprint density at radius 1 is 1.29 bits per heavy atom. The summed E-state index contributed by atoms with van der Waals surface area (Å²) < 4.78 is 10.3. The van der Waals surface area contributed by atoms with Crippen LogP contribution in [0.5, 0.6) is 17.2 Å². The third-order valence-corrected chi connectivity index (χ3v) is 3.53. The van der Waals surface area contributed by atoms with Crippen molar-refractivity contribution in [3.63, 3.8) is 0 Å². The molecule has 2 aromatic carbocycles. The molecule has 2 N–H and O–H groups in total. The summed E-state index contributed by atoms with van der Waals surface area (Å²) in [6.07, 6.45) is 3.04. The Balaban J connectivity index is 1.80. The van der Waals surface area contributed by atoms with Gasteiger partial charge < -0.3 is 19.9 Å². The van der Waals surface area contributed by atoms with Crippen molar-refractivity contribution < 1.29 is 24.2 Å². The highest BCUT2D eigenvalue weighted by Crippen LogP contribution is 2.29. The van der Waals surface area contributed by atoms with Gasteiger partial charge in [0, 0.05) is 5.56 Å². The first-order valence-corrected chi connectivity index (χ1v) is 7.23. The highest BCUT2D eigenvalue weighted by molar-refractivity contribution is 6.08. The lowest BCUT2D eigenvalue weighted by Gasteiger charge is -2.17. The van der Waals surface area contributed by atoms with Crippen LogP contribution >= 0.6 is 0 Å². The maximum absolute atomic E-state index is 12.3. The van der Waals surface area contributed by atoms with E-state index in [1.54, 1.807) is 36.4 Å². The number of carbonyl (C=O) groups is 2. The topological polar surface area (TPSA) is 84.9 Å². The van der Waals surface area contributed by atoms with Crippen LogP contribution in [0, 0.1) is 0 Å². The minimum absolute atomic E-state index is 0.0249. The first kappa shape index (κ1) is 15.6. The number of carbonyl (C=O) groups excluding carboxylic acids is 2.